The number of phenols is 1. The fraction of sp³-hybridized carbons (Fsp3) is 0.231. The molecule has 0 aliphatic carbocycles. The maximum atomic E-state index is 10.7. The molecular formula is C13H13NO4. The predicted molar refractivity (Wildman–Crippen MR) is 64.8 cm³/mol. The van der Waals surface area contributed by atoms with Gasteiger partial charge in [0.15, 0.2) is 0 Å². The highest BCUT2D eigenvalue weighted by molar-refractivity contribution is 5.86. The molecule has 2 rings (SSSR count). The number of carbonyl (C=O) groups is 1. The molecule has 0 fully saturated rings. The van der Waals surface area contributed by atoms with Gasteiger partial charge in [-0.25, -0.2) is 4.79 Å². The highest BCUT2D eigenvalue weighted by atomic mass is 16.5. The second-order valence-corrected chi connectivity index (χ2v) is 4.22. The zero-order chi connectivity index (χ0) is 13.4. The maximum Gasteiger partial charge on any atom is 0.374 e. The molecule has 0 spiro atoms. The van der Waals surface area contributed by atoms with E-state index in [-0.39, 0.29) is 11.5 Å². The Hall–Kier alpha value is -2.30. The Bertz CT molecular complexity index is 628. The second-order valence-electron chi connectivity index (χ2n) is 4.22. The van der Waals surface area contributed by atoms with E-state index in [1.54, 1.807) is 19.9 Å². The molecule has 1 aromatic carbocycles. The first kappa shape index (κ1) is 12.2. The fourth-order valence-corrected chi connectivity index (χ4v) is 1.84. The third kappa shape index (κ3) is 1.84. The zero-order valence-electron chi connectivity index (χ0n) is 10.3. The van der Waals surface area contributed by atoms with Crippen LogP contribution in [-0.2, 0) is 0 Å². The number of carboxylic acids is 1. The summed E-state index contributed by atoms with van der Waals surface area (Å²) in [6.07, 6.45) is 0. The van der Waals surface area contributed by atoms with E-state index in [9.17, 15) is 9.90 Å². The summed E-state index contributed by atoms with van der Waals surface area (Å²) in [6.45, 7) is 5.43. The van der Waals surface area contributed by atoms with Crippen molar-refractivity contribution in [3.05, 3.63) is 34.6 Å². The van der Waals surface area contributed by atoms with Gasteiger partial charge in [-0.15, -0.1) is 0 Å². The number of aryl methyl sites for hydroxylation is 1. The van der Waals surface area contributed by atoms with Crippen LogP contribution in [0.4, 0.5) is 0 Å². The Labute approximate surface area is 104 Å². The Morgan fingerprint density at radius 1 is 1.22 bits per heavy atom. The van der Waals surface area contributed by atoms with Crippen molar-refractivity contribution in [2.24, 2.45) is 0 Å². The summed E-state index contributed by atoms with van der Waals surface area (Å²) in [4.78, 5) is 10.7. The standard InChI is InChI=1S/C13H13NO4/c1-6-4-9(7(2)8(3)12(6)15)10-5-11(13(16)17)18-14-10/h4-5,15H,1-3H3,(H,16,17). The highest BCUT2D eigenvalue weighted by Gasteiger charge is 2.16. The van der Waals surface area contributed by atoms with E-state index >= 15 is 0 Å². The van der Waals surface area contributed by atoms with Crippen molar-refractivity contribution in [2.75, 3.05) is 0 Å². The van der Waals surface area contributed by atoms with Crippen LogP contribution in [0.15, 0.2) is 16.7 Å². The number of benzene rings is 1. The first-order valence-corrected chi connectivity index (χ1v) is 5.42. The van der Waals surface area contributed by atoms with Gasteiger partial charge in [0.1, 0.15) is 11.4 Å². The molecule has 0 bridgehead atoms. The number of nitrogens with zero attached hydrogens (tertiary/aromatic N) is 1. The van der Waals surface area contributed by atoms with Crippen LogP contribution < -0.4 is 0 Å². The lowest BCUT2D eigenvalue weighted by Crippen LogP contribution is -1.92. The summed E-state index contributed by atoms with van der Waals surface area (Å²) >= 11 is 0. The number of phenolic OH excluding ortho intramolecular Hbond substituents is 1. The van der Waals surface area contributed by atoms with Crippen molar-refractivity contribution in [3.8, 4) is 17.0 Å². The van der Waals surface area contributed by atoms with Crippen molar-refractivity contribution >= 4 is 5.97 Å². The molecule has 1 heterocycles. The Balaban J connectivity index is 2.60. The van der Waals surface area contributed by atoms with E-state index in [0.29, 0.717) is 11.3 Å². The molecule has 0 saturated heterocycles. The smallest absolute Gasteiger partial charge is 0.374 e. The molecule has 5 nitrogen and oxygen atoms in total. The van der Waals surface area contributed by atoms with E-state index in [0.717, 1.165) is 16.7 Å². The first-order chi connectivity index (χ1) is 8.41. The number of aromatic carboxylic acids is 1. The lowest BCUT2D eigenvalue weighted by molar-refractivity contribution is 0.0652. The largest absolute Gasteiger partial charge is 0.507 e. The summed E-state index contributed by atoms with van der Waals surface area (Å²) in [5, 5.41) is 22.4. The minimum Gasteiger partial charge on any atom is -0.507 e. The molecule has 5 heteroatoms. The Morgan fingerprint density at radius 3 is 2.44 bits per heavy atom. The number of hydrogen-bond acceptors (Lipinski definition) is 4. The van der Waals surface area contributed by atoms with Gasteiger partial charge < -0.3 is 14.7 Å². The lowest BCUT2D eigenvalue weighted by Gasteiger charge is -2.10. The molecule has 0 radical (unpaired) electrons. The van der Waals surface area contributed by atoms with Crippen LogP contribution in [0.25, 0.3) is 11.3 Å². The molecule has 94 valence electrons. The van der Waals surface area contributed by atoms with Gasteiger partial charge in [0.2, 0.25) is 5.76 Å². The average molecular weight is 247 g/mol. The van der Waals surface area contributed by atoms with Crippen LogP contribution in [0.5, 0.6) is 5.75 Å². The third-order valence-electron chi connectivity index (χ3n) is 3.05. The SMILES string of the molecule is Cc1cc(-c2cc(C(=O)O)on2)c(C)c(C)c1O. The van der Waals surface area contributed by atoms with Crippen LogP contribution >= 0.6 is 0 Å². The minimum absolute atomic E-state index is 0.201. The van der Waals surface area contributed by atoms with E-state index < -0.39 is 5.97 Å². The molecule has 2 N–H and O–H groups in total. The van der Waals surface area contributed by atoms with Gasteiger partial charge in [0.05, 0.1) is 0 Å². The average Bonchev–Trinajstić information content (AvgIpc) is 2.80. The molecule has 0 unspecified atom stereocenters. The van der Waals surface area contributed by atoms with E-state index in [1.807, 2.05) is 6.92 Å². The van der Waals surface area contributed by atoms with Crippen molar-refractivity contribution in [1.82, 2.24) is 5.16 Å². The van der Waals surface area contributed by atoms with Gasteiger partial charge in [-0.3, -0.25) is 0 Å². The molecule has 18 heavy (non-hydrogen) atoms. The molecule has 0 aliphatic rings. The van der Waals surface area contributed by atoms with Gasteiger partial charge in [-0.05, 0) is 43.5 Å². The molecule has 1 aromatic heterocycles. The van der Waals surface area contributed by atoms with Crippen LogP contribution in [0.1, 0.15) is 27.2 Å². The number of hydrogen-bond donors (Lipinski definition) is 2. The normalized spacial score (nSPS) is 10.6. The van der Waals surface area contributed by atoms with Crippen LogP contribution in [0, 0.1) is 20.8 Å². The summed E-state index contributed by atoms with van der Waals surface area (Å²) in [6, 6.07) is 3.14. The monoisotopic (exact) mass is 247 g/mol. The van der Waals surface area contributed by atoms with Gasteiger partial charge in [-0.1, -0.05) is 5.16 Å². The summed E-state index contributed by atoms with van der Waals surface area (Å²) < 4.78 is 4.73. The second kappa shape index (κ2) is 4.18. The number of aromatic hydroxyl groups is 1. The van der Waals surface area contributed by atoms with Crippen LogP contribution in [0.2, 0.25) is 0 Å². The maximum absolute atomic E-state index is 10.7. The quantitative estimate of drug-likeness (QED) is 0.852. The van der Waals surface area contributed by atoms with Crippen LogP contribution in [0.3, 0.4) is 0 Å². The zero-order valence-corrected chi connectivity index (χ0v) is 10.3. The van der Waals surface area contributed by atoms with Gasteiger partial charge in [0.25, 0.3) is 0 Å². The van der Waals surface area contributed by atoms with E-state index in [1.165, 1.54) is 6.07 Å². The van der Waals surface area contributed by atoms with E-state index in [4.69, 9.17) is 9.63 Å². The molecule has 0 saturated carbocycles. The summed E-state index contributed by atoms with van der Waals surface area (Å²) in [5.41, 5.74) is 3.54. The van der Waals surface area contributed by atoms with Gasteiger partial charge >= 0.3 is 5.97 Å². The molecule has 0 atom stereocenters. The molecule has 0 aliphatic heterocycles. The first-order valence-electron chi connectivity index (χ1n) is 5.42. The molecular weight excluding hydrogens is 234 g/mol. The predicted octanol–water partition coefficient (Wildman–Crippen LogP) is 2.67. The number of aromatic nitrogens is 1. The van der Waals surface area contributed by atoms with Crippen LogP contribution in [-0.4, -0.2) is 21.3 Å². The van der Waals surface area contributed by atoms with Crippen molar-refractivity contribution in [2.45, 2.75) is 20.8 Å². The Morgan fingerprint density at radius 2 is 1.89 bits per heavy atom. The van der Waals surface area contributed by atoms with Crippen molar-refractivity contribution < 1.29 is 19.5 Å². The van der Waals surface area contributed by atoms with Crippen molar-refractivity contribution in [1.29, 1.82) is 0 Å². The summed E-state index contributed by atoms with van der Waals surface area (Å²) in [7, 11) is 0. The topological polar surface area (TPSA) is 83.6 Å². The number of carboxylic acid groups (broad SMARTS) is 1. The fourth-order valence-electron chi connectivity index (χ4n) is 1.84. The van der Waals surface area contributed by atoms with Crippen molar-refractivity contribution in [3.63, 3.8) is 0 Å². The highest BCUT2D eigenvalue weighted by Crippen LogP contribution is 2.33. The Kier molecular flexibility index (Phi) is 2.82. The van der Waals surface area contributed by atoms with E-state index in [2.05, 4.69) is 5.16 Å². The molecule has 2 aromatic rings. The lowest BCUT2D eigenvalue weighted by atomic mass is 9.96. The van der Waals surface area contributed by atoms with Gasteiger partial charge in [-0.2, -0.15) is 0 Å². The third-order valence-corrected chi connectivity index (χ3v) is 3.05. The van der Waals surface area contributed by atoms with Gasteiger partial charge in [0, 0.05) is 11.6 Å². The number of rotatable bonds is 2. The minimum atomic E-state index is -1.15. The molecule has 0 amide bonds. The summed E-state index contributed by atoms with van der Waals surface area (Å²) in [5.74, 6) is -1.11.